The third kappa shape index (κ3) is 13.2. The van der Waals surface area contributed by atoms with Crippen LogP contribution >= 0.6 is 24.0 Å². The largest absolute Gasteiger partial charge is 0.357 e. The van der Waals surface area contributed by atoms with Crippen LogP contribution < -0.4 is 15.4 Å². The molecule has 0 saturated carbocycles. The number of hydrogen-bond acceptors (Lipinski definition) is 4. The van der Waals surface area contributed by atoms with Gasteiger partial charge in [-0.3, -0.25) is 4.99 Å². The topological polar surface area (TPSA) is 85.8 Å². The van der Waals surface area contributed by atoms with E-state index in [4.69, 9.17) is 0 Å². The maximum absolute atomic E-state index is 11.0. The van der Waals surface area contributed by atoms with Crippen LogP contribution in [0.2, 0.25) is 0 Å². The molecular formula is C15H34IN5O2S. The Bertz CT molecular complexity index is 437. The zero-order valence-electron chi connectivity index (χ0n) is 15.0. The van der Waals surface area contributed by atoms with E-state index in [1.807, 2.05) is 6.92 Å². The highest BCUT2D eigenvalue weighted by molar-refractivity contribution is 14.0. The molecule has 0 unspecified atom stereocenters. The third-order valence-electron chi connectivity index (χ3n) is 3.73. The molecule has 1 aliphatic rings. The van der Waals surface area contributed by atoms with Crippen LogP contribution in [0.25, 0.3) is 0 Å². The molecule has 0 amide bonds. The molecule has 144 valence electrons. The van der Waals surface area contributed by atoms with Crippen LogP contribution in [-0.4, -0.2) is 71.3 Å². The molecule has 0 aliphatic carbocycles. The summed E-state index contributed by atoms with van der Waals surface area (Å²) in [6.45, 7) is 8.02. The quantitative estimate of drug-likeness (QED) is 0.200. The normalized spacial score (nSPS) is 17.0. The number of hydrogen-bond donors (Lipinski definition) is 3. The van der Waals surface area contributed by atoms with Gasteiger partial charge in [0.2, 0.25) is 10.0 Å². The van der Waals surface area contributed by atoms with Crippen LogP contribution in [0.15, 0.2) is 4.99 Å². The minimum Gasteiger partial charge on any atom is -0.357 e. The van der Waals surface area contributed by atoms with E-state index in [1.165, 1.54) is 38.8 Å². The average molecular weight is 475 g/mol. The number of halogens is 1. The Morgan fingerprint density at radius 1 is 1.08 bits per heavy atom. The Morgan fingerprint density at radius 2 is 1.75 bits per heavy atom. The second-order valence-corrected chi connectivity index (χ2v) is 7.80. The Kier molecular flexibility index (Phi) is 14.0. The van der Waals surface area contributed by atoms with Gasteiger partial charge in [-0.05, 0) is 45.8 Å². The lowest BCUT2D eigenvalue weighted by molar-refractivity contribution is 0.283. The van der Waals surface area contributed by atoms with E-state index in [9.17, 15) is 8.42 Å². The van der Waals surface area contributed by atoms with Crippen LogP contribution in [0.4, 0.5) is 0 Å². The first kappa shape index (κ1) is 23.9. The van der Waals surface area contributed by atoms with Gasteiger partial charge in [0.25, 0.3) is 0 Å². The van der Waals surface area contributed by atoms with Crippen molar-refractivity contribution in [1.29, 1.82) is 0 Å². The van der Waals surface area contributed by atoms with Gasteiger partial charge in [0, 0.05) is 26.2 Å². The summed E-state index contributed by atoms with van der Waals surface area (Å²) in [7, 11) is -3.13. The van der Waals surface area contributed by atoms with Crippen molar-refractivity contribution in [3.63, 3.8) is 0 Å². The van der Waals surface area contributed by atoms with Crippen molar-refractivity contribution in [2.45, 2.75) is 39.0 Å². The van der Waals surface area contributed by atoms with Crippen LogP contribution in [0.5, 0.6) is 0 Å². The summed E-state index contributed by atoms with van der Waals surface area (Å²) in [5.41, 5.74) is 0. The van der Waals surface area contributed by atoms with Gasteiger partial charge < -0.3 is 15.5 Å². The number of aliphatic imine (C=N–C) groups is 1. The average Bonchev–Trinajstić information content (AvgIpc) is 2.75. The summed E-state index contributed by atoms with van der Waals surface area (Å²) in [6.07, 6.45) is 7.59. The maximum atomic E-state index is 11.0. The highest BCUT2D eigenvalue weighted by Crippen LogP contribution is 2.09. The number of sulfonamides is 1. The highest BCUT2D eigenvalue weighted by Gasteiger charge is 2.08. The highest BCUT2D eigenvalue weighted by atomic mass is 127. The minimum atomic E-state index is -3.13. The molecule has 1 rings (SSSR count). The summed E-state index contributed by atoms with van der Waals surface area (Å²) in [4.78, 5) is 7.09. The number of likely N-dealkylation sites (tertiary alicyclic amines) is 1. The Labute approximate surface area is 164 Å². The molecular weight excluding hydrogens is 441 g/mol. The van der Waals surface area contributed by atoms with Crippen molar-refractivity contribution < 1.29 is 8.42 Å². The molecule has 0 spiro atoms. The molecule has 0 aromatic heterocycles. The maximum Gasteiger partial charge on any atom is 0.208 e. The standard InChI is InChI=1S/C15H33N5O2S.HI/c1-3-16-15(18-10-11-19-23(2,21)22)17-9-8-14-20-12-6-4-5-7-13-20;/h19H,3-14H2,1-2H3,(H2,16,17,18);1H. The molecule has 0 atom stereocenters. The summed E-state index contributed by atoms with van der Waals surface area (Å²) >= 11 is 0. The Morgan fingerprint density at radius 3 is 2.33 bits per heavy atom. The van der Waals surface area contributed by atoms with Crippen molar-refractivity contribution in [1.82, 2.24) is 20.3 Å². The first-order valence-electron chi connectivity index (χ1n) is 8.70. The van der Waals surface area contributed by atoms with Gasteiger partial charge in [-0.15, -0.1) is 24.0 Å². The van der Waals surface area contributed by atoms with Gasteiger partial charge in [0.15, 0.2) is 5.96 Å². The van der Waals surface area contributed by atoms with Gasteiger partial charge in [-0.25, -0.2) is 13.1 Å². The molecule has 24 heavy (non-hydrogen) atoms. The van der Waals surface area contributed by atoms with E-state index in [0.717, 1.165) is 38.3 Å². The van der Waals surface area contributed by atoms with E-state index in [-0.39, 0.29) is 24.0 Å². The lowest BCUT2D eigenvalue weighted by Gasteiger charge is -2.19. The molecule has 1 fully saturated rings. The monoisotopic (exact) mass is 475 g/mol. The second-order valence-electron chi connectivity index (χ2n) is 5.96. The second kappa shape index (κ2) is 14.1. The molecule has 0 aromatic carbocycles. The van der Waals surface area contributed by atoms with Crippen molar-refractivity contribution in [3.8, 4) is 0 Å². The zero-order chi connectivity index (χ0) is 17.0. The van der Waals surface area contributed by atoms with Crippen LogP contribution in [0.3, 0.4) is 0 Å². The smallest absolute Gasteiger partial charge is 0.208 e. The van der Waals surface area contributed by atoms with Crippen molar-refractivity contribution in [2.24, 2.45) is 4.99 Å². The SMILES string of the molecule is CCNC(=NCCCN1CCCCCC1)NCCNS(C)(=O)=O.I. The van der Waals surface area contributed by atoms with Crippen LogP contribution in [0, 0.1) is 0 Å². The van der Waals surface area contributed by atoms with E-state index in [2.05, 4.69) is 25.2 Å². The zero-order valence-corrected chi connectivity index (χ0v) is 18.2. The summed E-state index contributed by atoms with van der Waals surface area (Å²) in [6, 6.07) is 0. The van der Waals surface area contributed by atoms with Crippen LogP contribution in [0.1, 0.15) is 39.0 Å². The van der Waals surface area contributed by atoms with E-state index >= 15 is 0 Å². The molecule has 1 heterocycles. The van der Waals surface area contributed by atoms with Crippen molar-refractivity contribution >= 4 is 40.0 Å². The van der Waals surface area contributed by atoms with Gasteiger partial charge in [0.05, 0.1) is 6.26 Å². The molecule has 9 heteroatoms. The fraction of sp³-hybridized carbons (Fsp3) is 0.933. The molecule has 7 nitrogen and oxygen atoms in total. The van der Waals surface area contributed by atoms with Crippen molar-refractivity contribution in [2.75, 3.05) is 52.1 Å². The lowest BCUT2D eigenvalue weighted by Crippen LogP contribution is -2.41. The predicted octanol–water partition coefficient (Wildman–Crippen LogP) is 0.975. The first-order chi connectivity index (χ1) is 11.0. The van der Waals surface area contributed by atoms with E-state index in [0.29, 0.717) is 13.1 Å². The van der Waals surface area contributed by atoms with Gasteiger partial charge in [-0.2, -0.15) is 0 Å². The summed E-state index contributed by atoms with van der Waals surface area (Å²) in [5.74, 6) is 0.749. The first-order valence-corrected chi connectivity index (χ1v) is 10.6. The van der Waals surface area contributed by atoms with E-state index in [1.54, 1.807) is 0 Å². The molecule has 0 aromatic rings. The minimum absolute atomic E-state index is 0. The number of nitrogens with one attached hydrogen (secondary N) is 3. The van der Waals surface area contributed by atoms with Crippen LogP contribution in [-0.2, 0) is 10.0 Å². The molecule has 0 bridgehead atoms. The number of guanidine groups is 1. The summed E-state index contributed by atoms with van der Waals surface area (Å²) < 4.78 is 24.5. The van der Waals surface area contributed by atoms with Gasteiger partial charge in [-0.1, -0.05) is 12.8 Å². The Balaban J connectivity index is 0.00000529. The number of rotatable bonds is 9. The van der Waals surface area contributed by atoms with E-state index < -0.39 is 10.0 Å². The Hall–Kier alpha value is -0.130. The summed E-state index contributed by atoms with van der Waals surface area (Å²) in [5, 5.41) is 6.32. The predicted molar refractivity (Wildman–Crippen MR) is 112 cm³/mol. The molecule has 0 radical (unpaired) electrons. The third-order valence-corrected chi connectivity index (χ3v) is 4.46. The van der Waals surface area contributed by atoms with Gasteiger partial charge in [0.1, 0.15) is 0 Å². The van der Waals surface area contributed by atoms with Gasteiger partial charge >= 0.3 is 0 Å². The molecule has 1 aliphatic heterocycles. The number of nitrogens with zero attached hydrogens (tertiary/aromatic N) is 2. The molecule has 1 saturated heterocycles. The fourth-order valence-electron chi connectivity index (χ4n) is 2.60. The van der Waals surface area contributed by atoms with Crippen molar-refractivity contribution in [3.05, 3.63) is 0 Å². The fourth-order valence-corrected chi connectivity index (χ4v) is 3.08. The molecule has 3 N–H and O–H groups in total. The lowest BCUT2D eigenvalue weighted by atomic mass is 10.2.